The third-order valence-electron chi connectivity index (χ3n) is 4.67. The topological polar surface area (TPSA) is 110 Å². The van der Waals surface area contributed by atoms with Crippen LogP contribution in [0, 0.1) is 0 Å². The first-order valence-electron chi connectivity index (χ1n) is 10.2. The number of ether oxygens (including phenoxy) is 1. The quantitative estimate of drug-likeness (QED) is 0.549. The van der Waals surface area contributed by atoms with Crippen LogP contribution in [0.1, 0.15) is 49.9 Å². The van der Waals surface area contributed by atoms with Gasteiger partial charge in [0.2, 0.25) is 0 Å². The lowest BCUT2D eigenvalue weighted by Gasteiger charge is -2.24. The molecule has 0 fully saturated rings. The zero-order valence-electron chi connectivity index (χ0n) is 17.6. The van der Waals surface area contributed by atoms with Crippen LogP contribution in [-0.2, 0) is 6.54 Å². The first-order chi connectivity index (χ1) is 14.4. The minimum atomic E-state index is -0.666. The van der Waals surface area contributed by atoms with Gasteiger partial charge >= 0.3 is 5.69 Å². The van der Waals surface area contributed by atoms with Gasteiger partial charge in [-0.05, 0) is 37.1 Å². The van der Waals surface area contributed by atoms with Gasteiger partial charge in [0.25, 0.3) is 11.5 Å². The molecule has 8 heteroatoms. The SMILES string of the molecule is C=CCOc1ccc(C(=O)N(CCCC)c2c(N)n(CCCC)c(=O)[nH]c2=O)cc1. The second-order valence-electron chi connectivity index (χ2n) is 6.93. The third kappa shape index (κ3) is 5.40. The number of carbonyl (C=O) groups excluding carboxylic acids is 1. The van der Waals surface area contributed by atoms with Crippen LogP contribution in [-0.4, -0.2) is 28.6 Å². The number of nitrogen functional groups attached to an aromatic ring is 1. The molecule has 8 nitrogen and oxygen atoms in total. The van der Waals surface area contributed by atoms with E-state index in [1.807, 2.05) is 13.8 Å². The zero-order chi connectivity index (χ0) is 22.1. The van der Waals surface area contributed by atoms with E-state index in [0.717, 1.165) is 19.3 Å². The largest absolute Gasteiger partial charge is 0.490 e. The molecule has 0 saturated carbocycles. The molecule has 1 amide bonds. The number of nitrogens with one attached hydrogen (secondary N) is 1. The van der Waals surface area contributed by atoms with Gasteiger partial charge in [-0.3, -0.25) is 19.1 Å². The van der Waals surface area contributed by atoms with Crippen LogP contribution in [0.3, 0.4) is 0 Å². The maximum absolute atomic E-state index is 13.3. The van der Waals surface area contributed by atoms with Gasteiger partial charge in [-0.2, -0.15) is 0 Å². The van der Waals surface area contributed by atoms with Crippen LogP contribution >= 0.6 is 0 Å². The van der Waals surface area contributed by atoms with Crippen LogP contribution < -0.4 is 26.6 Å². The number of aromatic nitrogens is 2. The Hall–Kier alpha value is -3.29. The summed E-state index contributed by atoms with van der Waals surface area (Å²) in [6.07, 6.45) is 4.72. The number of rotatable bonds is 11. The number of amides is 1. The number of benzene rings is 1. The third-order valence-corrected chi connectivity index (χ3v) is 4.67. The van der Waals surface area contributed by atoms with Gasteiger partial charge < -0.3 is 15.4 Å². The maximum atomic E-state index is 13.3. The molecule has 2 aromatic rings. The van der Waals surface area contributed by atoms with Gasteiger partial charge in [0.15, 0.2) is 5.69 Å². The minimum absolute atomic E-state index is 0.00703. The molecule has 30 heavy (non-hydrogen) atoms. The van der Waals surface area contributed by atoms with Crippen LogP contribution in [0.25, 0.3) is 0 Å². The summed E-state index contributed by atoms with van der Waals surface area (Å²) in [5, 5.41) is 0. The van der Waals surface area contributed by atoms with Crippen LogP contribution in [0.15, 0.2) is 46.5 Å². The van der Waals surface area contributed by atoms with E-state index in [0.29, 0.717) is 37.4 Å². The Morgan fingerprint density at radius 1 is 1.20 bits per heavy atom. The number of aromatic amines is 1. The van der Waals surface area contributed by atoms with E-state index < -0.39 is 11.2 Å². The second-order valence-corrected chi connectivity index (χ2v) is 6.93. The van der Waals surface area contributed by atoms with E-state index >= 15 is 0 Å². The van der Waals surface area contributed by atoms with Crippen molar-refractivity contribution in [3.63, 3.8) is 0 Å². The Bertz CT molecular complexity index is 976. The molecule has 2 rings (SSSR count). The molecule has 1 heterocycles. The van der Waals surface area contributed by atoms with E-state index in [1.54, 1.807) is 30.3 Å². The van der Waals surface area contributed by atoms with Crippen molar-refractivity contribution >= 4 is 17.4 Å². The Balaban J connectivity index is 2.46. The number of nitrogens with two attached hydrogens (primary N) is 1. The van der Waals surface area contributed by atoms with Crippen LogP contribution in [0.5, 0.6) is 5.75 Å². The highest BCUT2D eigenvalue weighted by molar-refractivity contribution is 6.07. The van der Waals surface area contributed by atoms with E-state index in [2.05, 4.69) is 11.6 Å². The fourth-order valence-corrected chi connectivity index (χ4v) is 3.01. The van der Waals surface area contributed by atoms with E-state index in [1.165, 1.54) is 9.47 Å². The van der Waals surface area contributed by atoms with Crippen molar-refractivity contribution in [3.8, 4) is 5.75 Å². The molecule has 0 aliphatic carbocycles. The van der Waals surface area contributed by atoms with Crippen molar-refractivity contribution in [3.05, 3.63) is 63.3 Å². The smallest absolute Gasteiger partial charge is 0.330 e. The van der Waals surface area contributed by atoms with Gasteiger partial charge in [0, 0.05) is 18.7 Å². The monoisotopic (exact) mass is 414 g/mol. The molecule has 0 bridgehead atoms. The molecular formula is C22H30N4O4. The van der Waals surface area contributed by atoms with Gasteiger partial charge in [-0.1, -0.05) is 39.3 Å². The lowest BCUT2D eigenvalue weighted by molar-refractivity contribution is 0.0986. The molecule has 0 aliphatic rings. The standard InChI is InChI=1S/C22H30N4O4/c1-4-7-13-25(21(28)16-9-11-17(12-10-16)30-15-6-3)18-19(23)26(14-8-5-2)22(29)24-20(18)27/h6,9-12H,3-5,7-8,13-15,23H2,1-2H3,(H,24,27,29). The van der Waals surface area contributed by atoms with Gasteiger partial charge in [-0.15, -0.1) is 0 Å². The number of nitrogens with zero attached hydrogens (tertiary/aromatic N) is 2. The summed E-state index contributed by atoms with van der Waals surface area (Å²) in [5.41, 5.74) is 5.38. The van der Waals surface area contributed by atoms with Crippen molar-refractivity contribution in [1.82, 2.24) is 9.55 Å². The van der Waals surface area contributed by atoms with Gasteiger partial charge in [0.1, 0.15) is 18.2 Å². The number of carbonyl (C=O) groups is 1. The van der Waals surface area contributed by atoms with Crippen molar-refractivity contribution in [2.24, 2.45) is 0 Å². The van der Waals surface area contributed by atoms with Crippen molar-refractivity contribution in [1.29, 1.82) is 0 Å². The zero-order valence-corrected chi connectivity index (χ0v) is 17.6. The van der Waals surface area contributed by atoms with E-state index in [9.17, 15) is 14.4 Å². The Morgan fingerprint density at radius 3 is 2.47 bits per heavy atom. The number of hydrogen-bond acceptors (Lipinski definition) is 5. The second kappa shape index (κ2) is 11.0. The lowest BCUT2D eigenvalue weighted by Crippen LogP contribution is -2.41. The summed E-state index contributed by atoms with van der Waals surface area (Å²) in [4.78, 5) is 41.8. The summed E-state index contributed by atoms with van der Waals surface area (Å²) in [5.74, 6) is 0.251. The molecule has 0 aliphatic heterocycles. The number of hydrogen-bond donors (Lipinski definition) is 2. The molecule has 0 atom stereocenters. The fraction of sp³-hybridized carbons (Fsp3) is 0.409. The normalized spacial score (nSPS) is 10.6. The molecular weight excluding hydrogens is 384 g/mol. The molecule has 0 saturated heterocycles. The van der Waals surface area contributed by atoms with E-state index in [-0.39, 0.29) is 17.4 Å². The first-order valence-corrected chi connectivity index (χ1v) is 10.2. The maximum Gasteiger partial charge on any atom is 0.330 e. The highest BCUT2D eigenvalue weighted by Crippen LogP contribution is 2.22. The lowest BCUT2D eigenvalue weighted by atomic mass is 10.1. The predicted octanol–water partition coefficient (Wildman–Crippen LogP) is 2.93. The Kier molecular flexibility index (Phi) is 8.46. The van der Waals surface area contributed by atoms with Gasteiger partial charge in [0.05, 0.1) is 0 Å². The Labute approximate surface area is 176 Å². The molecule has 3 N–H and O–H groups in total. The number of anilines is 2. The van der Waals surface area contributed by atoms with Crippen LogP contribution in [0.2, 0.25) is 0 Å². The summed E-state index contributed by atoms with van der Waals surface area (Å²) in [6.45, 7) is 8.63. The first kappa shape index (κ1) is 23.0. The minimum Gasteiger partial charge on any atom is -0.490 e. The Morgan fingerprint density at radius 2 is 1.87 bits per heavy atom. The molecule has 0 radical (unpaired) electrons. The van der Waals surface area contributed by atoms with Crippen molar-refractivity contribution in [2.75, 3.05) is 23.8 Å². The summed E-state index contributed by atoms with van der Waals surface area (Å²) in [6, 6.07) is 6.64. The average Bonchev–Trinajstić information content (AvgIpc) is 2.74. The highest BCUT2D eigenvalue weighted by Gasteiger charge is 2.25. The van der Waals surface area contributed by atoms with Crippen LogP contribution in [0.4, 0.5) is 11.5 Å². The molecule has 1 aromatic carbocycles. The summed E-state index contributed by atoms with van der Waals surface area (Å²) < 4.78 is 6.77. The predicted molar refractivity (Wildman–Crippen MR) is 119 cm³/mol. The highest BCUT2D eigenvalue weighted by atomic mass is 16.5. The van der Waals surface area contributed by atoms with E-state index in [4.69, 9.17) is 10.5 Å². The molecule has 1 aromatic heterocycles. The number of H-pyrrole nitrogens is 1. The number of unbranched alkanes of at least 4 members (excludes halogenated alkanes) is 2. The summed E-state index contributed by atoms with van der Waals surface area (Å²) >= 11 is 0. The average molecular weight is 415 g/mol. The molecule has 162 valence electrons. The van der Waals surface area contributed by atoms with Gasteiger partial charge in [-0.25, -0.2) is 4.79 Å². The molecule has 0 spiro atoms. The fourth-order valence-electron chi connectivity index (χ4n) is 3.01. The van der Waals surface area contributed by atoms with Crippen molar-refractivity contribution < 1.29 is 9.53 Å². The van der Waals surface area contributed by atoms with Crippen molar-refractivity contribution in [2.45, 2.75) is 46.1 Å². The summed E-state index contributed by atoms with van der Waals surface area (Å²) in [7, 11) is 0. The molecule has 0 unspecified atom stereocenters.